The number of hydrogen-bond donors (Lipinski definition) is 3. The molecule has 7 heteroatoms. The Morgan fingerprint density at radius 2 is 2.26 bits per heavy atom. The molecule has 126 valence electrons. The van der Waals surface area contributed by atoms with Crippen molar-refractivity contribution in [2.24, 2.45) is 11.7 Å². The highest BCUT2D eigenvalue weighted by Gasteiger charge is 2.24. The number of carbonyl (C=O) groups is 2. The van der Waals surface area contributed by atoms with Crippen molar-refractivity contribution in [2.45, 2.75) is 25.8 Å². The molecule has 1 heterocycles. The first kappa shape index (κ1) is 17.4. The highest BCUT2D eigenvalue weighted by Crippen LogP contribution is 2.19. The molecule has 1 aromatic carbocycles. The molecule has 1 fully saturated rings. The third-order valence-electron chi connectivity index (χ3n) is 4.06. The number of rotatable bonds is 4. The molecule has 0 bridgehead atoms. The number of carbonyl (C=O) groups excluding carboxylic acids is 2. The van der Waals surface area contributed by atoms with E-state index in [1.807, 2.05) is 25.1 Å². The van der Waals surface area contributed by atoms with Gasteiger partial charge >= 0.3 is 12.1 Å². The number of nitrogens with zero attached hydrogens (tertiary/aromatic N) is 1. The zero-order valence-corrected chi connectivity index (χ0v) is 14.0. The van der Waals surface area contributed by atoms with Gasteiger partial charge in [-0.25, -0.2) is 9.59 Å². The molecular formula is C16H23ClN4O2. The van der Waals surface area contributed by atoms with Crippen LogP contribution in [0.4, 0.5) is 9.59 Å². The molecule has 0 aliphatic carbocycles. The Morgan fingerprint density at radius 3 is 2.96 bits per heavy atom. The third-order valence-corrected chi connectivity index (χ3v) is 4.29. The van der Waals surface area contributed by atoms with Gasteiger partial charge in [-0.2, -0.15) is 0 Å². The number of piperidine rings is 1. The quantitative estimate of drug-likeness (QED) is 0.787. The molecule has 6 nitrogen and oxygen atoms in total. The number of benzene rings is 1. The van der Waals surface area contributed by atoms with Crippen molar-refractivity contribution in [2.75, 3.05) is 19.6 Å². The van der Waals surface area contributed by atoms with Crippen LogP contribution in [-0.4, -0.2) is 36.6 Å². The van der Waals surface area contributed by atoms with Crippen LogP contribution in [0.15, 0.2) is 24.3 Å². The van der Waals surface area contributed by atoms with Crippen LogP contribution in [0.1, 0.15) is 31.4 Å². The van der Waals surface area contributed by atoms with E-state index < -0.39 is 6.03 Å². The Morgan fingerprint density at radius 1 is 1.48 bits per heavy atom. The molecule has 0 spiro atoms. The molecule has 4 amide bonds. The molecule has 23 heavy (non-hydrogen) atoms. The number of hydrogen-bond acceptors (Lipinski definition) is 2. The monoisotopic (exact) mass is 338 g/mol. The molecular weight excluding hydrogens is 316 g/mol. The van der Waals surface area contributed by atoms with Crippen LogP contribution in [0.3, 0.4) is 0 Å². The summed E-state index contributed by atoms with van der Waals surface area (Å²) in [5, 5.41) is 6.26. The Kier molecular flexibility index (Phi) is 6.10. The van der Waals surface area contributed by atoms with Gasteiger partial charge in [-0.3, -0.25) is 0 Å². The zero-order valence-electron chi connectivity index (χ0n) is 13.2. The Bertz CT molecular complexity index is 567. The number of nitrogens with two attached hydrogens (primary N) is 1. The molecule has 4 N–H and O–H groups in total. The summed E-state index contributed by atoms with van der Waals surface area (Å²) in [6, 6.07) is 6.72. The van der Waals surface area contributed by atoms with Crippen molar-refractivity contribution in [3.63, 3.8) is 0 Å². The maximum Gasteiger partial charge on any atom is 0.317 e. The maximum absolute atomic E-state index is 12.4. The fraction of sp³-hybridized carbons (Fsp3) is 0.500. The van der Waals surface area contributed by atoms with E-state index in [9.17, 15) is 9.59 Å². The van der Waals surface area contributed by atoms with Gasteiger partial charge in [0.2, 0.25) is 0 Å². The van der Waals surface area contributed by atoms with Gasteiger partial charge in [0.15, 0.2) is 0 Å². The summed E-state index contributed by atoms with van der Waals surface area (Å²) in [7, 11) is 0. The summed E-state index contributed by atoms with van der Waals surface area (Å²) in [6.45, 7) is 3.78. The van der Waals surface area contributed by atoms with Gasteiger partial charge in [0.05, 0.1) is 6.04 Å². The lowest BCUT2D eigenvalue weighted by atomic mass is 9.98. The lowest BCUT2D eigenvalue weighted by Gasteiger charge is -2.33. The normalized spacial score (nSPS) is 19.0. The molecule has 0 unspecified atom stereocenters. The van der Waals surface area contributed by atoms with Gasteiger partial charge in [0.25, 0.3) is 0 Å². The van der Waals surface area contributed by atoms with E-state index in [0.29, 0.717) is 18.1 Å². The second-order valence-electron chi connectivity index (χ2n) is 5.93. The van der Waals surface area contributed by atoms with Gasteiger partial charge in [0, 0.05) is 24.7 Å². The van der Waals surface area contributed by atoms with Crippen molar-refractivity contribution < 1.29 is 9.59 Å². The summed E-state index contributed by atoms with van der Waals surface area (Å²) in [5.41, 5.74) is 6.06. The van der Waals surface area contributed by atoms with Crippen LogP contribution in [0.2, 0.25) is 5.02 Å². The first-order chi connectivity index (χ1) is 11.0. The second-order valence-corrected chi connectivity index (χ2v) is 6.36. The molecule has 1 aliphatic rings. The number of likely N-dealkylation sites (tertiary alicyclic amines) is 1. The first-order valence-corrected chi connectivity index (χ1v) is 8.17. The molecule has 0 radical (unpaired) electrons. The van der Waals surface area contributed by atoms with E-state index in [1.165, 1.54) is 0 Å². The van der Waals surface area contributed by atoms with Crippen LogP contribution >= 0.6 is 11.6 Å². The summed E-state index contributed by atoms with van der Waals surface area (Å²) in [5.74, 6) is 0.239. The van der Waals surface area contributed by atoms with E-state index in [1.54, 1.807) is 11.0 Å². The first-order valence-electron chi connectivity index (χ1n) is 7.80. The fourth-order valence-electron chi connectivity index (χ4n) is 2.80. The summed E-state index contributed by atoms with van der Waals surface area (Å²) < 4.78 is 0. The predicted octanol–water partition coefficient (Wildman–Crippen LogP) is 2.49. The molecule has 0 aromatic heterocycles. The average molecular weight is 339 g/mol. The topological polar surface area (TPSA) is 87.5 Å². The van der Waals surface area contributed by atoms with Crippen molar-refractivity contribution in [1.29, 1.82) is 0 Å². The van der Waals surface area contributed by atoms with Crippen LogP contribution in [-0.2, 0) is 0 Å². The Labute approximate surface area is 141 Å². The molecule has 0 saturated carbocycles. The van der Waals surface area contributed by atoms with Crippen LogP contribution in [0, 0.1) is 5.92 Å². The van der Waals surface area contributed by atoms with Gasteiger partial charge in [-0.15, -0.1) is 0 Å². The van der Waals surface area contributed by atoms with Crippen LogP contribution < -0.4 is 16.4 Å². The molecule has 2 rings (SSSR count). The van der Waals surface area contributed by atoms with E-state index in [2.05, 4.69) is 10.6 Å². The van der Waals surface area contributed by atoms with Crippen LogP contribution in [0.25, 0.3) is 0 Å². The predicted molar refractivity (Wildman–Crippen MR) is 90.3 cm³/mol. The molecule has 1 aromatic rings. The van der Waals surface area contributed by atoms with Crippen molar-refractivity contribution in [3.8, 4) is 0 Å². The smallest absolute Gasteiger partial charge is 0.317 e. The molecule has 1 saturated heterocycles. The number of primary amides is 1. The summed E-state index contributed by atoms with van der Waals surface area (Å²) >= 11 is 5.99. The highest BCUT2D eigenvalue weighted by molar-refractivity contribution is 6.30. The van der Waals surface area contributed by atoms with Crippen molar-refractivity contribution >= 4 is 23.7 Å². The largest absolute Gasteiger partial charge is 0.352 e. The summed E-state index contributed by atoms with van der Waals surface area (Å²) in [6.07, 6.45) is 1.90. The lowest BCUT2D eigenvalue weighted by molar-refractivity contribution is 0.162. The Hall–Kier alpha value is -1.95. The minimum absolute atomic E-state index is 0.0961. The van der Waals surface area contributed by atoms with Gasteiger partial charge in [-0.1, -0.05) is 23.7 Å². The highest BCUT2D eigenvalue weighted by atomic mass is 35.5. The van der Waals surface area contributed by atoms with Crippen molar-refractivity contribution in [1.82, 2.24) is 15.5 Å². The number of urea groups is 2. The minimum Gasteiger partial charge on any atom is -0.352 e. The third kappa shape index (κ3) is 5.32. The average Bonchev–Trinajstić information content (AvgIpc) is 2.53. The Balaban J connectivity index is 1.88. The van der Waals surface area contributed by atoms with Gasteiger partial charge in [0.1, 0.15) is 0 Å². The van der Waals surface area contributed by atoms with Gasteiger partial charge in [-0.05, 0) is 43.4 Å². The van der Waals surface area contributed by atoms with Crippen LogP contribution in [0.5, 0.6) is 0 Å². The minimum atomic E-state index is -0.527. The van der Waals surface area contributed by atoms with E-state index in [-0.39, 0.29) is 18.0 Å². The van der Waals surface area contributed by atoms with E-state index >= 15 is 0 Å². The van der Waals surface area contributed by atoms with E-state index in [4.69, 9.17) is 17.3 Å². The number of halogens is 1. The SMILES string of the molecule is C[C@@H](NC(=O)N1CCC[C@@H](CNC(N)=O)C1)c1cccc(Cl)c1. The number of amides is 4. The van der Waals surface area contributed by atoms with E-state index in [0.717, 1.165) is 24.9 Å². The standard InChI is InChI=1S/C16H23ClN4O2/c1-11(13-5-2-6-14(17)8-13)20-16(23)21-7-3-4-12(10-21)9-19-15(18)22/h2,5-6,8,11-12H,3-4,7,9-10H2,1H3,(H,20,23)(H3,18,19,22)/t11-,12+/m1/s1. The van der Waals surface area contributed by atoms with Gasteiger partial charge < -0.3 is 21.3 Å². The lowest BCUT2D eigenvalue weighted by Crippen LogP contribution is -2.48. The molecule has 1 aliphatic heterocycles. The maximum atomic E-state index is 12.4. The molecule has 2 atom stereocenters. The zero-order chi connectivity index (χ0) is 16.8. The summed E-state index contributed by atoms with van der Waals surface area (Å²) in [4.78, 5) is 25.0. The second kappa shape index (κ2) is 8.06. The number of nitrogens with one attached hydrogen (secondary N) is 2. The fourth-order valence-corrected chi connectivity index (χ4v) is 3.00. The van der Waals surface area contributed by atoms with Crippen molar-refractivity contribution in [3.05, 3.63) is 34.9 Å².